The Morgan fingerprint density at radius 3 is 2.39 bits per heavy atom. The summed E-state index contributed by atoms with van der Waals surface area (Å²) < 4.78 is 11.4. The van der Waals surface area contributed by atoms with Gasteiger partial charge in [0.25, 0.3) is 0 Å². The van der Waals surface area contributed by atoms with Crippen molar-refractivity contribution in [1.29, 1.82) is 0 Å². The Kier molecular flexibility index (Phi) is 8.25. The number of benzene rings is 1. The van der Waals surface area contributed by atoms with Gasteiger partial charge in [-0.25, -0.2) is 0 Å². The lowest BCUT2D eigenvalue weighted by atomic mass is 10.1. The molecule has 1 fully saturated rings. The predicted molar refractivity (Wildman–Crippen MR) is 101 cm³/mol. The molecule has 1 aliphatic rings. The number of ether oxygens (including phenoxy) is 2. The third-order valence-corrected chi connectivity index (χ3v) is 5.17. The molecule has 2 rings (SSSR count). The van der Waals surface area contributed by atoms with E-state index < -0.39 is 0 Å². The van der Waals surface area contributed by atoms with Crippen molar-refractivity contribution in [2.45, 2.75) is 6.54 Å². The van der Waals surface area contributed by atoms with Crippen molar-refractivity contribution in [2.75, 3.05) is 46.7 Å². The van der Waals surface area contributed by atoms with Crippen molar-refractivity contribution < 1.29 is 14.6 Å². The third-order valence-electron chi connectivity index (χ3n) is 3.80. The van der Waals surface area contributed by atoms with Crippen LogP contribution in [0.4, 0.5) is 0 Å². The molecule has 1 N–H and O–H groups in total. The fourth-order valence-corrected chi connectivity index (χ4v) is 3.16. The summed E-state index contributed by atoms with van der Waals surface area (Å²) in [5.74, 6) is 1.09. The van der Waals surface area contributed by atoms with Crippen molar-refractivity contribution >= 4 is 40.7 Å². The second-order valence-corrected chi connectivity index (χ2v) is 6.48. The molecule has 0 bridgehead atoms. The molecule has 8 heteroatoms. The molecular formula is C15H23ClN2O3S2. The number of piperazine rings is 1. The number of methoxy groups -OCH3 is 2. The first-order valence-electron chi connectivity index (χ1n) is 7.08. The van der Waals surface area contributed by atoms with E-state index in [0.29, 0.717) is 18.0 Å². The second-order valence-electron chi connectivity index (χ2n) is 5.04. The summed E-state index contributed by atoms with van der Waals surface area (Å²) >= 11 is 6.94. The van der Waals surface area contributed by atoms with E-state index >= 15 is 0 Å². The van der Waals surface area contributed by atoms with Gasteiger partial charge >= 0.3 is 0 Å². The van der Waals surface area contributed by atoms with Crippen LogP contribution >= 0.6 is 36.4 Å². The Hall–Kier alpha value is -0.890. The van der Waals surface area contributed by atoms with Crippen LogP contribution in [0.2, 0.25) is 0 Å². The van der Waals surface area contributed by atoms with Crippen molar-refractivity contribution in [2.24, 2.45) is 0 Å². The Morgan fingerprint density at radius 1 is 1.22 bits per heavy atom. The molecule has 1 heterocycles. The van der Waals surface area contributed by atoms with Gasteiger partial charge < -0.3 is 19.5 Å². The van der Waals surface area contributed by atoms with E-state index in [1.165, 1.54) is 7.11 Å². The minimum Gasteiger partial charge on any atom is -0.504 e. The van der Waals surface area contributed by atoms with E-state index in [2.05, 4.69) is 9.80 Å². The number of thiocarbonyl (C=S) groups is 1. The molecule has 0 aromatic heterocycles. The van der Waals surface area contributed by atoms with E-state index in [1.54, 1.807) is 18.9 Å². The van der Waals surface area contributed by atoms with E-state index in [1.807, 2.05) is 18.4 Å². The quantitative estimate of drug-likeness (QED) is 0.808. The average molecular weight is 379 g/mol. The topological polar surface area (TPSA) is 45.2 Å². The van der Waals surface area contributed by atoms with Gasteiger partial charge in [-0.3, -0.25) is 4.90 Å². The smallest absolute Gasteiger partial charge is 0.203 e. The normalized spacial score (nSPS) is 15.0. The maximum atomic E-state index is 10.3. The molecule has 0 amide bonds. The van der Waals surface area contributed by atoms with Crippen LogP contribution in [-0.4, -0.2) is 65.9 Å². The summed E-state index contributed by atoms with van der Waals surface area (Å²) in [5, 5.41) is 10.3. The highest BCUT2D eigenvalue weighted by atomic mass is 35.5. The van der Waals surface area contributed by atoms with Gasteiger partial charge in [0.05, 0.1) is 14.2 Å². The molecule has 1 saturated heterocycles. The van der Waals surface area contributed by atoms with Crippen molar-refractivity contribution in [1.82, 2.24) is 9.80 Å². The average Bonchev–Trinajstić information content (AvgIpc) is 2.56. The maximum absolute atomic E-state index is 10.3. The third kappa shape index (κ3) is 4.79. The van der Waals surface area contributed by atoms with Gasteiger partial charge in [0.2, 0.25) is 5.75 Å². The van der Waals surface area contributed by atoms with E-state index in [0.717, 1.165) is 36.1 Å². The fourth-order valence-electron chi connectivity index (χ4n) is 2.54. The van der Waals surface area contributed by atoms with Crippen LogP contribution in [0.3, 0.4) is 0 Å². The van der Waals surface area contributed by atoms with Crippen LogP contribution in [0, 0.1) is 0 Å². The Labute approximate surface area is 153 Å². The van der Waals surface area contributed by atoms with Gasteiger partial charge in [-0.15, -0.1) is 24.2 Å². The first kappa shape index (κ1) is 20.2. The number of rotatable bonds is 4. The standard InChI is InChI=1S/C15H22N2O3S2.ClH/c1-19-12-5-4-11(13(18)14(12)20-2)10-16-6-8-17(9-7-16)15(21)22-3;/h4-5,18H,6-10H2,1-3H3;1H. The van der Waals surface area contributed by atoms with Crippen molar-refractivity contribution in [3.05, 3.63) is 17.7 Å². The SMILES string of the molecule is COc1ccc(CN2CCN(C(=S)SC)CC2)c(O)c1OC.Cl. The van der Waals surface area contributed by atoms with Crippen molar-refractivity contribution in [3.63, 3.8) is 0 Å². The zero-order chi connectivity index (χ0) is 16.1. The number of phenols is 1. The minimum atomic E-state index is 0. The van der Waals surface area contributed by atoms with E-state index in [-0.39, 0.29) is 18.2 Å². The summed E-state index contributed by atoms with van der Waals surface area (Å²) in [6.45, 7) is 4.39. The van der Waals surface area contributed by atoms with Crippen LogP contribution in [0.15, 0.2) is 12.1 Å². The molecular weight excluding hydrogens is 356 g/mol. The summed E-state index contributed by atoms with van der Waals surface area (Å²) in [7, 11) is 3.09. The van der Waals surface area contributed by atoms with Crippen LogP contribution in [0.5, 0.6) is 17.2 Å². The number of aromatic hydroxyl groups is 1. The molecule has 0 spiro atoms. The van der Waals surface area contributed by atoms with E-state index in [9.17, 15) is 5.11 Å². The maximum Gasteiger partial charge on any atom is 0.203 e. The molecule has 0 aliphatic carbocycles. The molecule has 130 valence electrons. The molecule has 0 saturated carbocycles. The lowest BCUT2D eigenvalue weighted by Crippen LogP contribution is -2.47. The number of thioether (sulfide) groups is 1. The Morgan fingerprint density at radius 2 is 1.87 bits per heavy atom. The van der Waals surface area contributed by atoms with Crippen LogP contribution < -0.4 is 9.47 Å². The van der Waals surface area contributed by atoms with Gasteiger partial charge in [0, 0.05) is 38.3 Å². The highest BCUT2D eigenvalue weighted by molar-refractivity contribution is 8.22. The van der Waals surface area contributed by atoms with Crippen LogP contribution in [0.1, 0.15) is 5.56 Å². The van der Waals surface area contributed by atoms with Gasteiger partial charge in [0.1, 0.15) is 4.32 Å². The lowest BCUT2D eigenvalue weighted by Gasteiger charge is -2.35. The zero-order valence-corrected chi connectivity index (χ0v) is 16.0. The van der Waals surface area contributed by atoms with Gasteiger partial charge in [0.15, 0.2) is 11.5 Å². The van der Waals surface area contributed by atoms with Crippen LogP contribution in [-0.2, 0) is 6.54 Å². The van der Waals surface area contributed by atoms with Gasteiger partial charge in [-0.1, -0.05) is 18.3 Å². The van der Waals surface area contributed by atoms with Crippen LogP contribution in [0.25, 0.3) is 0 Å². The molecule has 23 heavy (non-hydrogen) atoms. The lowest BCUT2D eigenvalue weighted by molar-refractivity contribution is 0.177. The molecule has 1 aromatic carbocycles. The van der Waals surface area contributed by atoms with Gasteiger partial charge in [-0.05, 0) is 12.3 Å². The molecule has 1 aliphatic heterocycles. The molecule has 0 atom stereocenters. The Bertz CT molecular complexity index is 538. The highest BCUT2D eigenvalue weighted by Crippen LogP contribution is 2.39. The molecule has 0 radical (unpaired) electrons. The summed E-state index contributed by atoms with van der Waals surface area (Å²) in [6.07, 6.45) is 2.01. The number of hydrogen-bond donors (Lipinski definition) is 1. The second kappa shape index (κ2) is 9.42. The number of halogens is 1. The first-order valence-corrected chi connectivity index (χ1v) is 8.72. The molecule has 1 aromatic rings. The largest absolute Gasteiger partial charge is 0.504 e. The fraction of sp³-hybridized carbons (Fsp3) is 0.533. The number of phenolic OH excluding ortho intramolecular Hbond substituents is 1. The van der Waals surface area contributed by atoms with E-state index in [4.69, 9.17) is 21.7 Å². The minimum absolute atomic E-state index is 0. The summed E-state index contributed by atoms with van der Waals surface area (Å²) in [6, 6.07) is 3.71. The zero-order valence-electron chi connectivity index (χ0n) is 13.6. The van der Waals surface area contributed by atoms with Crippen molar-refractivity contribution in [3.8, 4) is 17.2 Å². The number of nitrogens with zero attached hydrogens (tertiary/aromatic N) is 2. The predicted octanol–water partition coefficient (Wildman–Crippen LogP) is 2.60. The monoisotopic (exact) mass is 378 g/mol. The first-order chi connectivity index (χ1) is 10.6. The Balaban J connectivity index is 0.00000264. The van der Waals surface area contributed by atoms with Gasteiger partial charge in [-0.2, -0.15) is 0 Å². The molecule has 0 unspecified atom stereocenters. The highest BCUT2D eigenvalue weighted by Gasteiger charge is 2.21. The molecule has 5 nitrogen and oxygen atoms in total. The summed E-state index contributed by atoms with van der Waals surface area (Å²) in [4.78, 5) is 4.53. The number of hydrogen-bond acceptors (Lipinski definition) is 6. The summed E-state index contributed by atoms with van der Waals surface area (Å²) in [5.41, 5.74) is 0.846.